The van der Waals surface area contributed by atoms with Crippen LogP contribution in [0, 0.1) is 0 Å². The summed E-state index contributed by atoms with van der Waals surface area (Å²) in [7, 11) is 0. The zero-order valence-electron chi connectivity index (χ0n) is 16.1. The summed E-state index contributed by atoms with van der Waals surface area (Å²) in [4.78, 5) is 63.6. The monoisotopic (exact) mass is 402 g/mol. The highest BCUT2D eigenvalue weighted by Gasteiger charge is 2.40. The van der Waals surface area contributed by atoms with E-state index in [0.717, 1.165) is 32.1 Å². The molecule has 1 aliphatic carbocycles. The minimum Gasteiger partial charge on any atom is -0.289 e. The number of hydrogen-bond acceptors (Lipinski definition) is 5. The van der Waals surface area contributed by atoms with Crippen LogP contribution < -0.4 is 5.32 Å². The summed E-state index contributed by atoms with van der Waals surface area (Å²) in [5.74, 6) is -2.06. The third kappa shape index (κ3) is 2.69. The number of ketones is 1. The van der Waals surface area contributed by atoms with Gasteiger partial charge in [0.1, 0.15) is 0 Å². The number of imide groups is 2. The van der Waals surface area contributed by atoms with Crippen molar-refractivity contribution in [2.24, 2.45) is 0 Å². The van der Waals surface area contributed by atoms with Gasteiger partial charge in [0.25, 0.3) is 23.6 Å². The Balaban J connectivity index is 1.47. The molecule has 1 N–H and O–H groups in total. The predicted molar refractivity (Wildman–Crippen MR) is 105 cm³/mol. The highest BCUT2D eigenvalue weighted by atomic mass is 16.2. The van der Waals surface area contributed by atoms with Crippen LogP contribution in [-0.2, 0) is 0 Å². The highest BCUT2D eigenvalue weighted by molar-refractivity contribution is 6.24. The van der Waals surface area contributed by atoms with E-state index in [1.165, 1.54) is 41.3 Å². The fourth-order valence-electron chi connectivity index (χ4n) is 4.55. The molecule has 2 heterocycles. The first-order chi connectivity index (χ1) is 14.5. The molecule has 0 aromatic heterocycles. The second-order valence-corrected chi connectivity index (χ2v) is 7.91. The number of benzene rings is 2. The largest absolute Gasteiger partial charge is 0.289 e. The van der Waals surface area contributed by atoms with Gasteiger partial charge in [-0.25, -0.2) is 0 Å². The molecule has 0 bridgehead atoms. The Kier molecular flexibility index (Phi) is 4.13. The van der Waals surface area contributed by atoms with Crippen molar-refractivity contribution >= 4 is 29.4 Å². The highest BCUT2D eigenvalue weighted by Crippen LogP contribution is 2.32. The summed E-state index contributed by atoms with van der Waals surface area (Å²) in [5.41, 5.74) is 1.44. The van der Waals surface area contributed by atoms with Crippen LogP contribution in [0.15, 0.2) is 36.4 Å². The van der Waals surface area contributed by atoms with Crippen molar-refractivity contribution in [1.29, 1.82) is 0 Å². The first-order valence-corrected chi connectivity index (χ1v) is 10.0. The van der Waals surface area contributed by atoms with Gasteiger partial charge in [-0.15, -0.1) is 0 Å². The summed E-state index contributed by atoms with van der Waals surface area (Å²) in [5, 5.41) is 2.19. The maximum atomic E-state index is 13.0. The lowest BCUT2D eigenvalue weighted by Crippen LogP contribution is -2.40. The van der Waals surface area contributed by atoms with Gasteiger partial charge < -0.3 is 0 Å². The van der Waals surface area contributed by atoms with Crippen molar-refractivity contribution in [3.8, 4) is 0 Å². The number of rotatable bonds is 3. The lowest BCUT2D eigenvalue weighted by molar-refractivity contribution is 0.0548. The van der Waals surface area contributed by atoms with Gasteiger partial charge in [0.15, 0.2) is 5.78 Å². The SMILES string of the molecule is O=C(c1ccc2c(c1)C(=O)NC2=O)c1ccc2c(c1)C(=O)N(C1CCCCC1)C2=O. The maximum absolute atomic E-state index is 13.0. The van der Waals surface area contributed by atoms with Crippen LogP contribution in [0.1, 0.15) is 89.5 Å². The Morgan fingerprint density at radius 1 is 0.733 bits per heavy atom. The lowest BCUT2D eigenvalue weighted by atomic mass is 9.94. The summed E-state index contributed by atoms with van der Waals surface area (Å²) in [6.07, 6.45) is 4.73. The Bertz CT molecular complexity index is 1160. The number of nitrogens with zero attached hydrogens (tertiary/aromatic N) is 1. The molecule has 3 aliphatic rings. The van der Waals surface area contributed by atoms with Gasteiger partial charge in [-0.3, -0.25) is 34.2 Å². The molecule has 0 unspecified atom stereocenters. The molecule has 30 heavy (non-hydrogen) atoms. The van der Waals surface area contributed by atoms with Crippen LogP contribution in [0.4, 0.5) is 0 Å². The maximum Gasteiger partial charge on any atom is 0.261 e. The predicted octanol–water partition coefficient (Wildman–Crippen LogP) is 2.73. The Labute approximate surface area is 172 Å². The van der Waals surface area contributed by atoms with Gasteiger partial charge in [-0.1, -0.05) is 31.4 Å². The van der Waals surface area contributed by atoms with E-state index < -0.39 is 11.8 Å². The second kappa shape index (κ2) is 6.73. The molecular formula is C23H18N2O5. The molecule has 4 amide bonds. The molecule has 7 nitrogen and oxygen atoms in total. The van der Waals surface area contributed by atoms with E-state index in [1.54, 1.807) is 0 Å². The average Bonchev–Trinajstić information content (AvgIpc) is 3.20. The van der Waals surface area contributed by atoms with Crippen LogP contribution in [0.2, 0.25) is 0 Å². The second-order valence-electron chi connectivity index (χ2n) is 7.91. The smallest absolute Gasteiger partial charge is 0.261 e. The number of carbonyl (C=O) groups is 5. The van der Waals surface area contributed by atoms with Crippen molar-refractivity contribution < 1.29 is 24.0 Å². The molecule has 0 saturated heterocycles. The van der Waals surface area contributed by atoms with Crippen molar-refractivity contribution in [3.63, 3.8) is 0 Å². The van der Waals surface area contributed by atoms with Gasteiger partial charge in [-0.05, 0) is 37.1 Å². The molecule has 2 aromatic carbocycles. The van der Waals surface area contributed by atoms with E-state index >= 15 is 0 Å². The zero-order chi connectivity index (χ0) is 21.0. The minimum atomic E-state index is -0.539. The molecule has 0 atom stereocenters. The summed E-state index contributed by atoms with van der Waals surface area (Å²) in [6.45, 7) is 0. The van der Waals surface area contributed by atoms with Crippen LogP contribution in [0.3, 0.4) is 0 Å². The number of carbonyl (C=O) groups excluding carboxylic acids is 5. The zero-order valence-corrected chi connectivity index (χ0v) is 16.1. The van der Waals surface area contributed by atoms with E-state index in [9.17, 15) is 24.0 Å². The van der Waals surface area contributed by atoms with Gasteiger partial charge >= 0.3 is 0 Å². The Hall–Kier alpha value is -3.61. The van der Waals surface area contributed by atoms with Crippen LogP contribution >= 0.6 is 0 Å². The van der Waals surface area contributed by atoms with Crippen LogP contribution in [-0.4, -0.2) is 40.4 Å². The molecular weight excluding hydrogens is 384 g/mol. The van der Waals surface area contributed by atoms with Crippen molar-refractivity contribution in [2.45, 2.75) is 38.1 Å². The van der Waals surface area contributed by atoms with Gasteiger partial charge in [0, 0.05) is 17.2 Å². The van der Waals surface area contributed by atoms with Crippen LogP contribution in [0.5, 0.6) is 0 Å². The molecule has 1 saturated carbocycles. The van der Waals surface area contributed by atoms with Crippen molar-refractivity contribution in [1.82, 2.24) is 10.2 Å². The summed E-state index contributed by atoms with van der Waals surface area (Å²) < 4.78 is 0. The number of fused-ring (bicyclic) bond motifs is 2. The molecule has 150 valence electrons. The van der Waals surface area contributed by atoms with Gasteiger partial charge in [0.05, 0.1) is 22.3 Å². The number of amides is 4. The van der Waals surface area contributed by atoms with E-state index in [1.807, 2.05) is 0 Å². The molecule has 0 radical (unpaired) electrons. The topological polar surface area (TPSA) is 101 Å². The van der Waals surface area contributed by atoms with Crippen molar-refractivity contribution in [3.05, 3.63) is 69.8 Å². The third-order valence-corrected chi connectivity index (χ3v) is 6.12. The van der Waals surface area contributed by atoms with Gasteiger partial charge in [-0.2, -0.15) is 0 Å². The summed E-state index contributed by atoms with van der Waals surface area (Å²) in [6, 6.07) is 8.72. The molecule has 0 spiro atoms. The Morgan fingerprint density at radius 3 is 2.00 bits per heavy atom. The lowest BCUT2D eigenvalue weighted by Gasteiger charge is -2.29. The Morgan fingerprint density at radius 2 is 1.30 bits per heavy atom. The molecule has 1 fully saturated rings. The van der Waals surface area contributed by atoms with Crippen molar-refractivity contribution in [2.75, 3.05) is 0 Å². The van der Waals surface area contributed by atoms with E-state index in [4.69, 9.17) is 0 Å². The number of nitrogens with one attached hydrogen (secondary N) is 1. The first-order valence-electron chi connectivity index (χ1n) is 10.0. The average molecular weight is 402 g/mol. The molecule has 2 aromatic rings. The minimum absolute atomic E-state index is 0.0851. The first kappa shape index (κ1) is 18.4. The van der Waals surface area contributed by atoms with E-state index in [2.05, 4.69) is 5.32 Å². The summed E-state index contributed by atoms with van der Waals surface area (Å²) >= 11 is 0. The normalized spacial score (nSPS) is 18.5. The van der Waals surface area contributed by atoms with E-state index in [0.29, 0.717) is 5.56 Å². The standard InChI is InChI=1S/C23H18N2O5/c26-19(12-6-8-15-17(10-12)21(28)24-20(15)27)13-7-9-16-18(11-13)23(30)25(22(16)29)14-4-2-1-3-5-14/h6-11,14H,1-5H2,(H,24,27,28). The fraction of sp³-hybridized carbons (Fsp3) is 0.261. The number of hydrogen-bond donors (Lipinski definition) is 1. The molecule has 5 rings (SSSR count). The molecule has 7 heteroatoms. The van der Waals surface area contributed by atoms with Gasteiger partial charge in [0.2, 0.25) is 0 Å². The fourth-order valence-corrected chi connectivity index (χ4v) is 4.55. The third-order valence-electron chi connectivity index (χ3n) is 6.12. The quantitative estimate of drug-likeness (QED) is 0.628. The van der Waals surface area contributed by atoms with Crippen LogP contribution in [0.25, 0.3) is 0 Å². The molecule has 2 aliphatic heterocycles. The van der Waals surface area contributed by atoms with E-state index in [-0.39, 0.29) is 51.5 Å².